The van der Waals surface area contributed by atoms with Crippen molar-refractivity contribution in [2.75, 3.05) is 11.9 Å². The summed E-state index contributed by atoms with van der Waals surface area (Å²) in [6, 6.07) is 4.79. The smallest absolute Gasteiger partial charge is 0.271 e. The van der Waals surface area contributed by atoms with Crippen molar-refractivity contribution >= 4 is 11.4 Å². The Morgan fingerprint density at radius 2 is 2.12 bits per heavy atom. The predicted octanol–water partition coefficient (Wildman–Crippen LogP) is 2.33. The van der Waals surface area contributed by atoms with Gasteiger partial charge in [-0.05, 0) is 25.3 Å². The number of benzene rings is 1. The quantitative estimate of drug-likeness (QED) is 0.609. The third-order valence-electron chi connectivity index (χ3n) is 2.96. The van der Waals surface area contributed by atoms with E-state index in [9.17, 15) is 10.1 Å². The first-order valence-electron chi connectivity index (χ1n) is 5.58. The first kappa shape index (κ1) is 13.4. The molecule has 0 heterocycles. The maximum absolute atomic E-state index is 10.7. The Morgan fingerprint density at radius 3 is 2.65 bits per heavy atom. The normalized spacial score (nSPS) is 14.1. The summed E-state index contributed by atoms with van der Waals surface area (Å²) < 4.78 is 0. The monoisotopic (exact) mass is 238 g/mol. The van der Waals surface area contributed by atoms with Gasteiger partial charge in [-0.25, -0.2) is 0 Å². The molecule has 1 rings (SSSR count). The zero-order valence-electron chi connectivity index (χ0n) is 10.3. The van der Waals surface area contributed by atoms with E-state index in [4.69, 9.17) is 5.11 Å². The van der Waals surface area contributed by atoms with E-state index in [0.717, 1.165) is 11.3 Å². The molecule has 0 aliphatic rings. The molecule has 2 atom stereocenters. The second-order valence-corrected chi connectivity index (χ2v) is 4.35. The number of aliphatic hydroxyl groups is 1. The van der Waals surface area contributed by atoms with Crippen molar-refractivity contribution < 1.29 is 10.0 Å². The van der Waals surface area contributed by atoms with Crippen LogP contribution >= 0.6 is 0 Å². The topological polar surface area (TPSA) is 75.4 Å². The summed E-state index contributed by atoms with van der Waals surface area (Å²) in [5, 5.41) is 22.9. The molecular weight excluding hydrogens is 220 g/mol. The lowest BCUT2D eigenvalue weighted by atomic mass is 10.0. The molecule has 0 fully saturated rings. The highest BCUT2D eigenvalue weighted by molar-refractivity contribution is 5.57. The lowest BCUT2D eigenvalue weighted by Gasteiger charge is -2.21. The van der Waals surface area contributed by atoms with Crippen molar-refractivity contribution in [2.24, 2.45) is 5.92 Å². The Morgan fingerprint density at radius 1 is 1.47 bits per heavy atom. The molecule has 2 N–H and O–H groups in total. The molecule has 0 radical (unpaired) electrons. The highest BCUT2D eigenvalue weighted by atomic mass is 16.6. The first-order chi connectivity index (χ1) is 7.95. The van der Waals surface area contributed by atoms with Crippen LogP contribution in [-0.2, 0) is 0 Å². The number of nitrogens with one attached hydrogen (secondary N) is 1. The fraction of sp³-hybridized carbons (Fsp3) is 0.500. The van der Waals surface area contributed by atoms with Crippen LogP contribution in [0.5, 0.6) is 0 Å². The van der Waals surface area contributed by atoms with Gasteiger partial charge in [-0.2, -0.15) is 0 Å². The fourth-order valence-corrected chi connectivity index (χ4v) is 1.42. The third-order valence-corrected chi connectivity index (χ3v) is 2.96. The van der Waals surface area contributed by atoms with E-state index in [-0.39, 0.29) is 24.3 Å². The molecule has 5 heteroatoms. The third kappa shape index (κ3) is 3.42. The molecular formula is C12H18N2O3. The van der Waals surface area contributed by atoms with E-state index >= 15 is 0 Å². The summed E-state index contributed by atoms with van der Waals surface area (Å²) in [6.45, 7) is 5.84. The largest absolute Gasteiger partial charge is 0.396 e. The van der Waals surface area contributed by atoms with Crippen LogP contribution in [0.2, 0.25) is 0 Å². The van der Waals surface area contributed by atoms with Gasteiger partial charge in [0.1, 0.15) is 0 Å². The molecule has 0 amide bonds. The predicted molar refractivity (Wildman–Crippen MR) is 67.2 cm³/mol. The van der Waals surface area contributed by atoms with Gasteiger partial charge in [-0.1, -0.05) is 13.0 Å². The van der Waals surface area contributed by atoms with Crippen molar-refractivity contribution in [2.45, 2.75) is 26.8 Å². The zero-order chi connectivity index (χ0) is 13.0. The van der Waals surface area contributed by atoms with Crippen LogP contribution in [-0.4, -0.2) is 22.7 Å². The molecule has 0 spiro atoms. The number of nitro benzene ring substituents is 1. The van der Waals surface area contributed by atoms with Gasteiger partial charge in [0, 0.05) is 30.5 Å². The van der Waals surface area contributed by atoms with Crippen molar-refractivity contribution in [3.63, 3.8) is 0 Å². The number of nitro groups is 1. The molecule has 0 aliphatic carbocycles. The van der Waals surface area contributed by atoms with Crippen molar-refractivity contribution in [1.82, 2.24) is 0 Å². The minimum Gasteiger partial charge on any atom is -0.396 e. The van der Waals surface area contributed by atoms with Crippen molar-refractivity contribution in [1.29, 1.82) is 0 Å². The van der Waals surface area contributed by atoms with Crippen molar-refractivity contribution in [3.05, 3.63) is 33.9 Å². The van der Waals surface area contributed by atoms with Crippen LogP contribution in [0.3, 0.4) is 0 Å². The minimum atomic E-state index is -0.412. The van der Waals surface area contributed by atoms with E-state index in [1.54, 1.807) is 6.07 Å². The zero-order valence-corrected chi connectivity index (χ0v) is 10.3. The molecule has 0 saturated carbocycles. The summed E-state index contributed by atoms with van der Waals surface area (Å²) in [4.78, 5) is 10.3. The summed E-state index contributed by atoms with van der Waals surface area (Å²) in [5.41, 5.74) is 1.77. The number of hydrogen-bond acceptors (Lipinski definition) is 4. The average Bonchev–Trinajstić information content (AvgIpc) is 2.30. The molecule has 2 unspecified atom stereocenters. The van der Waals surface area contributed by atoms with Crippen LogP contribution in [0.4, 0.5) is 11.4 Å². The number of anilines is 1. The van der Waals surface area contributed by atoms with Gasteiger partial charge in [0.05, 0.1) is 4.92 Å². The van der Waals surface area contributed by atoms with Crippen LogP contribution in [0.15, 0.2) is 18.2 Å². The fourth-order valence-electron chi connectivity index (χ4n) is 1.42. The van der Waals surface area contributed by atoms with E-state index in [2.05, 4.69) is 5.32 Å². The molecule has 0 aromatic heterocycles. The summed E-state index contributed by atoms with van der Waals surface area (Å²) in [7, 11) is 0. The summed E-state index contributed by atoms with van der Waals surface area (Å²) in [6.07, 6.45) is 0. The van der Waals surface area contributed by atoms with E-state index in [1.165, 1.54) is 12.1 Å². The Labute approximate surface area is 101 Å². The summed E-state index contributed by atoms with van der Waals surface area (Å²) in [5.74, 6) is 0.0914. The van der Waals surface area contributed by atoms with E-state index < -0.39 is 4.92 Å². The maximum Gasteiger partial charge on any atom is 0.271 e. The van der Waals surface area contributed by atoms with Crippen LogP contribution < -0.4 is 5.32 Å². The second kappa shape index (κ2) is 5.63. The van der Waals surface area contributed by atoms with Gasteiger partial charge in [-0.3, -0.25) is 10.1 Å². The first-order valence-corrected chi connectivity index (χ1v) is 5.58. The van der Waals surface area contributed by atoms with Crippen LogP contribution in [0.25, 0.3) is 0 Å². The number of aryl methyl sites for hydroxylation is 1. The number of non-ortho nitro benzene ring substituents is 1. The highest BCUT2D eigenvalue weighted by Crippen LogP contribution is 2.23. The van der Waals surface area contributed by atoms with Crippen molar-refractivity contribution in [3.8, 4) is 0 Å². The Hall–Kier alpha value is -1.62. The molecule has 5 nitrogen and oxygen atoms in total. The van der Waals surface area contributed by atoms with Crippen LogP contribution in [0, 0.1) is 23.0 Å². The molecule has 94 valence electrons. The van der Waals surface area contributed by atoms with Gasteiger partial charge < -0.3 is 10.4 Å². The number of rotatable bonds is 5. The van der Waals surface area contributed by atoms with E-state index in [0.29, 0.717) is 0 Å². The Kier molecular flexibility index (Phi) is 4.45. The highest BCUT2D eigenvalue weighted by Gasteiger charge is 2.14. The van der Waals surface area contributed by atoms with Gasteiger partial charge in [0.2, 0.25) is 0 Å². The molecule has 0 bridgehead atoms. The number of aliphatic hydroxyl groups excluding tert-OH is 1. The molecule has 1 aromatic rings. The molecule has 0 saturated heterocycles. The molecule has 17 heavy (non-hydrogen) atoms. The second-order valence-electron chi connectivity index (χ2n) is 4.35. The summed E-state index contributed by atoms with van der Waals surface area (Å²) >= 11 is 0. The molecule has 0 aliphatic heterocycles. The lowest BCUT2D eigenvalue weighted by molar-refractivity contribution is -0.384. The standard InChI is InChI=1S/C12H18N2O3/c1-8-4-5-11(14(16)17)6-12(8)13-10(3)9(2)7-15/h4-6,9-10,13,15H,7H2,1-3H3. The maximum atomic E-state index is 10.7. The minimum absolute atomic E-state index is 0.0562. The SMILES string of the molecule is Cc1ccc([N+](=O)[O-])cc1NC(C)C(C)CO. The van der Waals surface area contributed by atoms with Crippen LogP contribution in [0.1, 0.15) is 19.4 Å². The van der Waals surface area contributed by atoms with E-state index in [1.807, 2.05) is 20.8 Å². The van der Waals surface area contributed by atoms with Gasteiger partial charge in [-0.15, -0.1) is 0 Å². The Balaban J connectivity index is 2.89. The lowest BCUT2D eigenvalue weighted by Crippen LogP contribution is -2.26. The number of nitrogens with zero attached hydrogens (tertiary/aromatic N) is 1. The van der Waals surface area contributed by atoms with Gasteiger partial charge in [0.25, 0.3) is 5.69 Å². The molecule has 1 aromatic carbocycles. The van der Waals surface area contributed by atoms with Gasteiger partial charge in [0.15, 0.2) is 0 Å². The number of hydrogen-bond donors (Lipinski definition) is 2. The Bertz CT molecular complexity index is 407. The van der Waals surface area contributed by atoms with Gasteiger partial charge >= 0.3 is 0 Å². The average molecular weight is 238 g/mol.